The van der Waals surface area contributed by atoms with E-state index in [-0.39, 0.29) is 6.61 Å². The monoisotopic (exact) mass is 237 g/mol. The number of carbonyl (C=O) groups excluding carboxylic acids is 1. The number of benzene rings is 1. The number of aryl methyl sites for hydroxylation is 2. The molecule has 4 heteroatoms. The molecule has 0 aliphatic heterocycles. The average molecular weight is 237 g/mol. The quantitative estimate of drug-likeness (QED) is 0.801. The second-order valence-electron chi connectivity index (χ2n) is 3.78. The maximum Gasteiger partial charge on any atom is 0.411 e. The predicted molar refractivity (Wildman–Crippen MR) is 67.4 cm³/mol. The summed E-state index contributed by atoms with van der Waals surface area (Å²) in [6.45, 7) is 7.18. The third-order valence-electron chi connectivity index (χ3n) is 2.28. The van der Waals surface area contributed by atoms with Gasteiger partial charge in [0.25, 0.3) is 0 Å². The molecule has 0 radical (unpaired) electrons. The zero-order chi connectivity index (χ0) is 12.7. The van der Waals surface area contributed by atoms with Gasteiger partial charge in [-0.3, -0.25) is 5.32 Å². The van der Waals surface area contributed by atoms with Crippen LogP contribution in [0.4, 0.5) is 10.5 Å². The smallest absolute Gasteiger partial charge is 0.411 e. The lowest BCUT2D eigenvalue weighted by molar-refractivity contribution is 0.0850. The molecule has 4 nitrogen and oxygen atoms in total. The van der Waals surface area contributed by atoms with Gasteiger partial charge < -0.3 is 9.47 Å². The maximum atomic E-state index is 11.4. The van der Waals surface area contributed by atoms with Crippen LogP contribution in [-0.2, 0) is 9.47 Å². The van der Waals surface area contributed by atoms with E-state index in [4.69, 9.17) is 9.47 Å². The van der Waals surface area contributed by atoms with Crippen molar-refractivity contribution in [2.45, 2.75) is 20.8 Å². The zero-order valence-corrected chi connectivity index (χ0v) is 10.6. The van der Waals surface area contributed by atoms with E-state index in [1.807, 2.05) is 39.0 Å². The summed E-state index contributed by atoms with van der Waals surface area (Å²) in [7, 11) is 0. The van der Waals surface area contributed by atoms with E-state index in [0.29, 0.717) is 13.2 Å². The molecule has 94 valence electrons. The second kappa shape index (κ2) is 6.91. The standard InChI is InChI=1S/C13H19NO3/c1-4-16-7-8-17-13(15)14-12-6-5-10(2)9-11(12)3/h5-6,9H,4,7-8H2,1-3H3,(H,14,15). The van der Waals surface area contributed by atoms with Crippen LogP contribution in [0.2, 0.25) is 0 Å². The topological polar surface area (TPSA) is 47.6 Å². The summed E-state index contributed by atoms with van der Waals surface area (Å²) in [5.74, 6) is 0. The van der Waals surface area contributed by atoms with Crippen LogP contribution in [0, 0.1) is 13.8 Å². The highest BCUT2D eigenvalue weighted by Gasteiger charge is 2.05. The molecule has 0 unspecified atom stereocenters. The molecule has 0 saturated carbocycles. The van der Waals surface area contributed by atoms with Crippen LogP contribution < -0.4 is 5.32 Å². The van der Waals surface area contributed by atoms with Crippen molar-refractivity contribution in [3.05, 3.63) is 29.3 Å². The third kappa shape index (κ3) is 4.87. The molecular formula is C13H19NO3. The van der Waals surface area contributed by atoms with E-state index >= 15 is 0 Å². The summed E-state index contributed by atoms with van der Waals surface area (Å²) >= 11 is 0. The van der Waals surface area contributed by atoms with Gasteiger partial charge in [-0.25, -0.2) is 4.79 Å². The minimum atomic E-state index is -0.448. The molecule has 1 aromatic rings. The minimum absolute atomic E-state index is 0.268. The van der Waals surface area contributed by atoms with Gasteiger partial charge in [0.05, 0.1) is 6.61 Å². The third-order valence-corrected chi connectivity index (χ3v) is 2.28. The van der Waals surface area contributed by atoms with Gasteiger partial charge in [-0.2, -0.15) is 0 Å². The van der Waals surface area contributed by atoms with Gasteiger partial charge in [-0.05, 0) is 32.4 Å². The van der Waals surface area contributed by atoms with Crippen molar-refractivity contribution in [3.8, 4) is 0 Å². The number of carbonyl (C=O) groups is 1. The van der Waals surface area contributed by atoms with Crippen molar-refractivity contribution in [1.29, 1.82) is 0 Å². The van der Waals surface area contributed by atoms with Crippen LogP contribution in [0.25, 0.3) is 0 Å². The first-order valence-electron chi connectivity index (χ1n) is 5.72. The van der Waals surface area contributed by atoms with Gasteiger partial charge in [-0.1, -0.05) is 17.7 Å². The van der Waals surface area contributed by atoms with Gasteiger partial charge in [0.15, 0.2) is 0 Å². The normalized spacial score (nSPS) is 10.1. The van der Waals surface area contributed by atoms with E-state index < -0.39 is 6.09 Å². The summed E-state index contributed by atoms with van der Waals surface area (Å²) in [6.07, 6.45) is -0.448. The first-order valence-corrected chi connectivity index (χ1v) is 5.72. The summed E-state index contributed by atoms with van der Waals surface area (Å²) in [4.78, 5) is 11.4. The van der Waals surface area contributed by atoms with E-state index in [1.165, 1.54) is 0 Å². The molecule has 1 amide bonds. The first-order chi connectivity index (χ1) is 8.13. The Morgan fingerprint density at radius 1 is 1.29 bits per heavy atom. The van der Waals surface area contributed by atoms with Crippen molar-refractivity contribution in [3.63, 3.8) is 0 Å². The molecule has 1 aromatic carbocycles. The highest BCUT2D eigenvalue weighted by Crippen LogP contribution is 2.15. The first kappa shape index (κ1) is 13.5. The lowest BCUT2D eigenvalue weighted by Crippen LogP contribution is -2.17. The lowest BCUT2D eigenvalue weighted by atomic mass is 10.1. The van der Waals surface area contributed by atoms with Crippen molar-refractivity contribution < 1.29 is 14.3 Å². The maximum absolute atomic E-state index is 11.4. The number of ether oxygens (including phenoxy) is 2. The average Bonchev–Trinajstić information content (AvgIpc) is 2.28. The highest BCUT2D eigenvalue weighted by atomic mass is 16.6. The lowest BCUT2D eigenvalue weighted by Gasteiger charge is -2.09. The molecule has 0 aliphatic carbocycles. The van der Waals surface area contributed by atoms with E-state index in [9.17, 15) is 4.79 Å². The van der Waals surface area contributed by atoms with Crippen molar-refractivity contribution in [1.82, 2.24) is 0 Å². The number of hydrogen-bond acceptors (Lipinski definition) is 3. The Hall–Kier alpha value is -1.55. The van der Waals surface area contributed by atoms with Gasteiger partial charge >= 0.3 is 6.09 Å². The Morgan fingerprint density at radius 3 is 2.71 bits per heavy atom. The van der Waals surface area contributed by atoms with E-state index in [2.05, 4.69) is 5.32 Å². The van der Waals surface area contributed by atoms with E-state index in [1.54, 1.807) is 0 Å². The van der Waals surface area contributed by atoms with Crippen LogP contribution in [0.1, 0.15) is 18.1 Å². The highest BCUT2D eigenvalue weighted by molar-refractivity contribution is 5.85. The van der Waals surface area contributed by atoms with E-state index in [0.717, 1.165) is 16.8 Å². The molecule has 1 N–H and O–H groups in total. The van der Waals surface area contributed by atoms with Crippen LogP contribution in [0.3, 0.4) is 0 Å². The largest absolute Gasteiger partial charge is 0.447 e. The van der Waals surface area contributed by atoms with Gasteiger partial charge in [0.1, 0.15) is 6.61 Å². The molecule has 0 atom stereocenters. The van der Waals surface area contributed by atoms with Crippen LogP contribution >= 0.6 is 0 Å². The summed E-state index contributed by atoms with van der Waals surface area (Å²) in [5, 5.41) is 2.70. The Kier molecular flexibility index (Phi) is 5.49. The fourth-order valence-electron chi connectivity index (χ4n) is 1.44. The molecule has 0 fully saturated rings. The van der Waals surface area contributed by atoms with Gasteiger partial charge in [0, 0.05) is 12.3 Å². The number of anilines is 1. The van der Waals surface area contributed by atoms with Crippen molar-refractivity contribution >= 4 is 11.8 Å². The fraction of sp³-hybridized carbons (Fsp3) is 0.462. The molecule has 0 bridgehead atoms. The Labute approximate surface area is 102 Å². The predicted octanol–water partition coefficient (Wildman–Crippen LogP) is 2.89. The molecule has 0 heterocycles. The summed E-state index contributed by atoms with van der Waals surface area (Å²) < 4.78 is 10.0. The molecule has 17 heavy (non-hydrogen) atoms. The van der Waals surface area contributed by atoms with Crippen LogP contribution in [0.5, 0.6) is 0 Å². The molecule has 0 aromatic heterocycles. The molecule has 1 rings (SSSR count). The second-order valence-corrected chi connectivity index (χ2v) is 3.78. The van der Waals surface area contributed by atoms with Gasteiger partial charge in [0.2, 0.25) is 0 Å². The number of hydrogen-bond donors (Lipinski definition) is 1. The Morgan fingerprint density at radius 2 is 2.06 bits per heavy atom. The molecule has 0 aliphatic rings. The fourth-order valence-corrected chi connectivity index (χ4v) is 1.44. The summed E-state index contributed by atoms with van der Waals surface area (Å²) in [5.41, 5.74) is 2.96. The van der Waals surface area contributed by atoms with Crippen molar-refractivity contribution in [2.75, 3.05) is 25.1 Å². The molecule has 0 spiro atoms. The SMILES string of the molecule is CCOCCOC(=O)Nc1ccc(C)cc1C. The van der Waals surface area contributed by atoms with Crippen molar-refractivity contribution in [2.24, 2.45) is 0 Å². The summed E-state index contributed by atoms with van der Waals surface area (Å²) in [6, 6.07) is 5.83. The Balaban J connectivity index is 2.40. The zero-order valence-electron chi connectivity index (χ0n) is 10.6. The molecule has 0 saturated heterocycles. The molecular weight excluding hydrogens is 218 g/mol. The number of amides is 1. The Bertz CT molecular complexity index is 377. The van der Waals surface area contributed by atoms with Crippen LogP contribution in [0.15, 0.2) is 18.2 Å². The van der Waals surface area contributed by atoms with Gasteiger partial charge in [-0.15, -0.1) is 0 Å². The number of rotatable bonds is 5. The van der Waals surface area contributed by atoms with Crippen LogP contribution in [-0.4, -0.2) is 25.9 Å². The number of nitrogens with one attached hydrogen (secondary N) is 1. The minimum Gasteiger partial charge on any atom is -0.447 e.